The Morgan fingerprint density at radius 1 is 1.56 bits per heavy atom. The molecule has 0 saturated carbocycles. The lowest BCUT2D eigenvalue weighted by Crippen LogP contribution is -1.97. The zero-order chi connectivity index (χ0) is 13.3. The first kappa shape index (κ1) is 12.5. The van der Waals surface area contributed by atoms with Crippen molar-refractivity contribution in [1.82, 2.24) is 4.98 Å². The summed E-state index contributed by atoms with van der Waals surface area (Å²) < 4.78 is 18.6. The van der Waals surface area contributed by atoms with Gasteiger partial charge >= 0.3 is 5.69 Å². The Morgan fingerprint density at radius 3 is 2.89 bits per heavy atom. The molecule has 2 rings (SSSR count). The fourth-order valence-electron chi connectivity index (χ4n) is 1.54. The van der Waals surface area contributed by atoms with Gasteiger partial charge in [0.2, 0.25) is 0 Å². The number of aromatic nitrogens is 1. The third-order valence-corrected chi connectivity index (χ3v) is 2.73. The number of fused-ring (bicyclic) bond motifs is 1. The maximum atomic E-state index is 13.6. The number of hydrogen-bond donors (Lipinski definition) is 0. The van der Waals surface area contributed by atoms with Crippen molar-refractivity contribution in [3.63, 3.8) is 0 Å². The first-order valence-electron chi connectivity index (χ1n) is 5.09. The van der Waals surface area contributed by atoms with Gasteiger partial charge in [0.15, 0.2) is 11.6 Å². The van der Waals surface area contributed by atoms with Crippen molar-refractivity contribution in [2.75, 3.05) is 6.61 Å². The quantitative estimate of drug-likeness (QED) is 0.634. The van der Waals surface area contributed by atoms with Crippen LogP contribution in [0.2, 0.25) is 5.02 Å². The van der Waals surface area contributed by atoms with E-state index in [-0.39, 0.29) is 34.0 Å². The Morgan fingerprint density at radius 2 is 2.28 bits per heavy atom. The van der Waals surface area contributed by atoms with E-state index in [0.29, 0.717) is 0 Å². The molecule has 0 atom stereocenters. The van der Waals surface area contributed by atoms with Crippen LogP contribution in [0.1, 0.15) is 6.92 Å². The molecule has 0 spiro atoms. The molecule has 0 fully saturated rings. The summed E-state index contributed by atoms with van der Waals surface area (Å²) in [6.07, 6.45) is 1.00. The minimum Gasteiger partial charge on any atom is -0.491 e. The molecule has 18 heavy (non-hydrogen) atoms. The lowest BCUT2D eigenvalue weighted by Gasteiger charge is -2.07. The monoisotopic (exact) mass is 270 g/mol. The molecule has 1 aromatic heterocycles. The van der Waals surface area contributed by atoms with Crippen LogP contribution in [0.15, 0.2) is 18.3 Å². The van der Waals surface area contributed by atoms with E-state index in [4.69, 9.17) is 16.3 Å². The highest BCUT2D eigenvalue weighted by Gasteiger charge is 2.18. The fourth-order valence-corrected chi connectivity index (χ4v) is 1.81. The molecule has 94 valence electrons. The number of rotatable bonds is 3. The van der Waals surface area contributed by atoms with Gasteiger partial charge in [-0.25, -0.2) is 9.37 Å². The Balaban J connectivity index is 2.71. The predicted octanol–water partition coefficient (Wildman–Crippen LogP) is 3.33. The van der Waals surface area contributed by atoms with E-state index in [1.165, 1.54) is 6.07 Å². The number of benzene rings is 1. The van der Waals surface area contributed by atoms with Crippen LogP contribution in [0.5, 0.6) is 5.75 Å². The molecule has 1 aromatic carbocycles. The van der Waals surface area contributed by atoms with E-state index in [1.54, 1.807) is 6.92 Å². The minimum absolute atomic E-state index is 0.00537. The van der Waals surface area contributed by atoms with E-state index < -0.39 is 10.7 Å². The van der Waals surface area contributed by atoms with Crippen LogP contribution in [-0.2, 0) is 0 Å². The molecule has 0 aliphatic carbocycles. The van der Waals surface area contributed by atoms with E-state index in [2.05, 4.69) is 4.98 Å². The molecule has 0 aliphatic rings. The van der Waals surface area contributed by atoms with Gasteiger partial charge in [-0.05, 0) is 13.0 Å². The second-order valence-corrected chi connectivity index (χ2v) is 3.83. The van der Waals surface area contributed by atoms with Crippen LogP contribution in [0.25, 0.3) is 10.9 Å². The average molecular weight is 271 g/mol. The number of hydrogen-bond acceptors (Lipinski definition) is 4. The molecule has 0 amide bonds. The molecule has 5 nitrogen and oxygen atoms in total. The van der Waals surface area contributed by atoms with Crippen molar-refractivity contribution in [2.45, 2.75) is 6.92 Å². The number of halogens is 2. The third kappa shape index (κ3) is 2.06. The molecule has 7 heteroatoms. The standard InChI is InChI=1S/C11H8ClFN2O3/c1-2-18-10-3-6-8(4-7(10)13)14-5-9(11(6)12)15(16)17/h3-5H,2H2,1H3. The highest BCUT2D eigenvalue weighted by Crippen LogP contribution is 2.34. The van der Waals surface area contributed by atoms with Crippen LogP contribution < -0.4 is 4.74 Å². The second kappa shape index (κ2) is 4.73. The van der Waals surface area contributed by atoms with Gasteiger partial charge in [-0.3, -0.25) is 10.1 Å². The molecular formula is C11H8ClFN2O3. The van der Waals surface area contributed by atoms with E-state index in [0.717, 1.165) is 12.3 Å². The first-order valence-corrected chi connectivity index (χ1v) is 5.47. The Kier molecular flexibility index (Phi) is 3.29. The van der Waals surface area contributed by atoms with Crippen LogP contribution in [0, 0.1) is 15.9 Å². The molecular weight excluding hydrogens is 263 g/mol. The van der Waals surface area contributed by atoms with Crippen LogP contribution in [-0.4, -0.2) is 16.5 Å². The van der Waals surface area contributed by atoms with Gasteiger partial charge in [0.25, 0.3) is 0 Å². The zero-order valence-electron chi connectivity index (χ0n) is 9.31. The largest absolute Gasteiger partial charge is 0.491 e. The summed E-state index contributed by atoms with van der Waals surface area (Å²) in [5, 5.41) is 10.9. The zero-order valence-corrected chi connectivity index (χ0v) is 10.1. The molecule has 0 radical (unpaired) electrons. The van der Waals surface area contributed by atoms with Crippen LogP contribution >= 0.6 is 11.6 Å². The normalized spacial score (nSPS) is 10.6. The molecule has 0 aliphatic heterocycles. The van der Waals surface area contributed by atoms with Crippen molar-refractivity contribution >= 4 is 28.2 Å². The summed E-state index contributed by atoms with van der Waals surface area (Å²) in [6.45, 7) is 1.99. The van der Waals surface area contributed by atoms with Gasteiger partial charge in [0, 0.05) is 11.5 Å². The smallest absolute Gasteiger partial charge is 0.306 e. The summed E-state index contributed by atoms with van der Waals surface area (Å²) >= 11 is 5.90. The van der Waals surface area contributed by atoms with E-state index in [9.17, 15) is 14.5 Å². The molecule has 0 bridgehead atoms. The van der Waals surface area contributed by atoms with Crippen molar-refractivity contribution < 1.29 is 14.1 Å². The lowest BCUT2D eigenvalue weighted by molar-refractivity contribution is -0.384. The topological polar surface area (TPSA) is 65.3 Å². The maximum absolute atomic E-state index is 13.6. The lowest BCUT2D eigenvalue weighted by atomic mass is 10.2. The molecule has 0 unspecified atom stereocenters. The van der Waals surface area contributed by atoms with Gasteiger partial charge in [0.1, 0.15) is 11.2 Å². The third-order valence-electron chi connectivity index (χ3n) is 2.33. The van der Waals surface area contributed by atoms with Gasteiger partial charge in [0.05, 0.1) is 17.0 Å². The highest BCUT2D eigenvalue weighted by atomic mass is 35.5. The van der Waals surface area contributed by atoms with Crippen molar-refractivity contribution in [3.8, 4) is 5.75 Å². The Labute approximate surface area is 106 Å². The highest BCUT2D eigenvalue weighted by molar-refractivity contribution is 6.37. The summed E-state index contributed by atoms with van der Waals surface area (Å²) in [4.78, 5) is 13.9. The summed E-state index contributed by atoms with van der Waals surface area (Å²) in [5.41, 5.74) is -0.0789. The number of ether oxygens (including phenoxy) is 1. The molecule has 0 N–H and O–H groups in total. The molecule has 1 heterocycles. The van der Waals surface area contributed by atoms with Gasteiger partial charge < -0.3 is 4.74 Å². The van der Waals surface area contributed by atoms with Gasteiger partial charge in [-0.2, -0.15) is 0 Å². The number of nitrogens with zero attached hydrogens (tertiary/aromatic N) is 2. The van der Waals surface area contributed by atoms with E-state index >= 15 is 0 Å². The first-order chi connectivity index (χ1) is 8.54. The van der Waals surface area contributed by atoms with Gasteiger partial charge in [-0.15, -0.1) is 0 Å². The average Bonchev–Trinajstić information content (AvgIpc) is 2.31. The Hall–Kier alpha value is -1.95. The van der Waals surface area contributed by atoms with Crippen LogP contribution in [0.4, 0.5) is 10.1 Å². The molecule has 2 aromatic rings. The Bertz CT molecular complexity index is 633. The van der Waals surface area contributed by atoms with Crippen molar-refractivity contribution in [2.24, 2.45) is 0 Å². The minimum atomic E-state index is -0.640. The summed E-state index contributed by atoms with van der Waals surface area (Å²) in [5.74, 6) is -0.587. The SMILES string of the molecule is CCOc1cc2c(Cl)c([N+](=O)[O-])cnc2cc1F. The molecule has 0 saturated heterocycles. The summed E-state index contributed by atoms with van der Waals surface area (Å²) in [7, 11) is 0. The summed E-state index contributed by atoms with van der Waals surface area (Å²) in [6, 6.07) is 2.45. The fraction of sp³-hybridized carbons (Fsp3) is 0.182. The number of nitro groups is 1. The van der Waals surface area contributed by atoms with Crippen molar-refractivity contribution in [3.05, 3.63) is 39.3 Å². The van der Waals surface area contributed by atoms with Crippen molar-refractivity contribution in [1.29, 1.82) is 0 Å². The second-order valence-electron chi connectivity index (χ2n) is 3.45. The van der Waals surface area contributed by atoms with Gasteiger partial charge in [-0.1, -0.05) is 11.6 Å². The predicted molar refractivity (Wildman–Crippen MR) is 64.5 cm³/mol. The van der Waals surface area contributed by atoms with Crippen LogP contribution in [0.3, 0.4) is 0 Å². The maximum Gasteiger partial charge on any atom is 0.306 e. The van der Waals surface area contributed by atoms with E-state index in [1.807, 2.05) is 0 Å². The number of pyridine rings is 1.